The Balaban J connectivity index is 0.000000218. The number of aromatic nitrogens is 4. The van der Waals surface area contributed by atoms with Crippen LogP contribution in [-0.2, 0) is 40.0 Å². The average Bonchev–Trinajstić information content (AvgIpc) is 1.35. The maximum atomic E-state index is 2.55. The number of hydrogen-bond acceptors (Lipinski definition) is 0. The predicted molar refractivity (Wildman–Crippen MR) is 470 cm³/mol. The summed E-state index contributed by atoms with van der Waals surface area (Å²) in [6, 6.07) is 38.1. The molecule has 1 aliphatic rings. The molecule has 4 heterocycles. The number of nitrogens with zero attached hydrogens (tertiary/aromatic N) is 4. The summed E-state index contributed by atoms with van der Waals surface area (Å²) in [4.78, 5) is 0. The van der Waals surface area contributed by atoms with Gasteiger partial charge in [0.15, 0.2) is 0 Å². The molecule has 1 fully saturated rings. The van der Waals surface area contributed by atoms with Crippen LogP contribution in [0.3, 0.4) is 0 Å². The molecule has 0 saturated heterocycles. The fourth-order valence-corrected chi connectivity index (χ4v) is 30.7. The fraction of sp³-hybridized carbons (Fsp3) is 0.542. The molecule has 4 aromatic carbocycles. The predicted octanol–water partition coefficient (Wildman–Crippen LogP) is 23.4. The summed E-state index contributed by atoms with van der Waals surface area (Å²) >= 11 is -7.84. The molecule has 0 unspecified atom stereocenters. The summed E-state index contributed by atoms with van der Waals surface area (Å²) in [6.45, 7) is 41.2. The zero-order valence-corrected chi connectivity index (χ0v) is 81.5. The van der Waals surface area contributed by atoms with E-state index in [1.54, 1.807) is 39.8 Å². The third kappa shape index (κ3) is 22.7. The van der Waals surface area contributed by atoms with Crippen LogP contribution in [0.25, 0.3) is 45.0 Å². The first kappa shape index (κ1) is 88.6. The van der Waals surface area contributed by atoms with Crippen molar-refractivity contribution in [3.8, 4) is 45.0 Å². The molecule has 1 saturated carbocycles. The summed E-state index contributed by atoms with van der Waals surface area (Å²) in [5.74, 6) is 34.5. The van der Waals surface area contributed by atoms with Crippen molar-refractivity contribution in [1.29, 1.82) is 0 Å². The average molecular weight is 1650 g/mol. The molecule has 4 nitrogen and oxygen atoms in total. The van der Waals surface area contributed by atoms with E-state index in [2.05, 4.69) is 362 Å². The molecule has 9 rings (SSSR count). The van der Waals surface area contributed by atoms with E-state index >= 15 is 0 Å². The van der Waals surface area contributed by atoms with Crippen LogP contribution < -0.4 is 35.9 Å². The van der Waals surface area contributed by atoms with E-state index < -0.39 is 53.1 Å². The molecule has 0 amide bonds. The van der Waals surface area contributed by atoms with Gasteiger partial charge in [-0.15, -0.1) is 0 Å². The standard InChI is InChI=1S/2C25H40GeN.C24H38GeN.C22H32GeN/c1-11-19(12-2)22-17-27(10)24(16-23(22)26(7,8)9)21-14-13-20(15-18(21)3)25(4,5)6;1-10-21(11-2)23-17-27(9)25(16-24(23)26(6,7)8)22-13-12-20(14-18(3)4)15-19(22)5;1-10-19(11-2)22-16-26(9)24(15-23(22)25(6,7)8)21-13-12-20(17(3)4)14-18(21)5;1-16-11-12-17(2)19(13-16)22-14-21(23(3,4)5)20(15-24(22)6)18-9-7-8-10-18/h13-17,19H,11-12H2,1-10H3;12-13,15-18,21H,10-11,14H2,1-9H3;12-17,19H,10-11H2,1-9H3;11-15,18H,7-10H2,1-6H3/q4*+1. The van der Waals surface area contributed by atoms with Gasteiger partial charge in [-0.05, 0) is 0 Å². The van der Waals surface area contributed by atoms with Gasteiger partial charge in [-0.3, -0.25) is 0 Å². The van der Waals surface area contributed by atoms with Crippen molar-refractivity contribution in [2.24, 2.45) is 34.1 Å². The first-order valence-electron chi connectivity index (χ1n) is 40.9. The van der Waals surface area contributed by atoms with E-state index in [1.165, 1.54) is 154 Å². The van der Waals surface area contributed by atoms with Crippen molar-refractivity contribution < 1.29 is 18.3 Å². The third-order valence-electron chi connectivity index (χ3n) is 23.0. The van der Waals surface area contributed by atoms with Crippen molar-refractivity contribution in [2.75, 3.05) is 0 Å². The van der Waals surface area contributed by atoms with E-state index in [9.17, 15) is 0 Å². The molecule has 0 N–H and O–H groups in total. The number of pyridine rings is 4. The van der Waals surface area contributed by atoms with Crippen LogP contribution in [0.2, 0.25) is 69.1 Å². The summed E-state index contributed by atoms with van der Waals surface area (Å²) in [5, 5.41) is 0. The van der Waals surface area contributed by atoms with Crippen LogP contribution in [-0.4, -0.2) is 53.1 Å². The third-order valence-corrected chi connectivity index (χ3v) is 40.2. The molecule has 0 spiro atoms. The van der Waals surface area contributed by atoms with Gasteiger partial charge in [-0.1, -0.05) is 0 Å². The van der Waals surface area contributed by atoms with E-state index in [4.69, 9.17) is 0 Å². The molecule has 104 heavy (non-hydrogen) atoms. The Hall–Kier alpha value is -4.35. The Bertz CT molecular complexity index is 4170. The first-order valence-corrected chi connectivity index (χ1v) is 70.3. The molecular formula is C96H150Ge4N4+4. The van der Waals surface area contributed by atoms with Gasteiger partial charge in [0.1, 0.15) is 0 Å². The minimum atomic E-state index is -1.98. The molecule has 1 aliphatic carbocycles. The Kier molecular flexibility index (Phi) is 31.8. The second-order valence-corrected chi connectivity index (χ2v) is 79.9. The Morgan fingerprint density at radius 1 is 0.385 bits per heavy atom. The van der Waals surface area contributed by atoms with Crippen molar-refractivity contribution in [3.05, 3.63) is 189 Å². The summed E-state index contributed by atoms with van der Waals surface area (Å²) in [6.07, 6.45) is 23.9. The normalized spacial score (nSPS) is 13.2. The Labute approximate surface area is 650 Å². The van der Waals surface area contributed by atoms with E-state index in [0.29, 0.717) is 29.6 Å². The fourth-order valence-electron chi connectivity index (χ4n) is 16.4. The molecule has 8 aromatic rings. The van der Waals surface area contributed by atoms with Crippen molar-refractivity contribution in [1.82, 2.24) is 0 Å². The van der Waals surface area contributed by atoms with Gasteiger partial charge in [-0.2, -0.15) is 0 Å². The zero-order chi connectivity index (χ0) is 78.1. The van der Waals surface area contributed by atoms with Crippen molar-refractivity contribution in [2.45, 2.75) is 299 Å². The van der Waals surface area contributed by atoms with Crippen LogP contribution >= 0.6 is 0 Å². The summed E-state index contributed by atoms with van der Waals surface area (Å²) in [7, 11) is 8.89. The van der Waals surface area contributed by atoms with Crippen LogP contribution in [0.1, 0.15) is 251 Å². The van der Waals surface area contributed by atoms with Gasteiger partial charge < -0.3 is 0 Å². The van der Waals surface area contributed by atoms with Crippen LogP contribution in [0.15, 0.2) is 122 Å². The second kappa shape index (κ2) is 37.4. The SMILES string of the molecule is CCC(CC)c1c[n+](C)c(-c2ccc(C(C)(C)C)cc2C)c[c]1[Ge]([CH3])([CH3])[CH3].CCC(CC)c1c[n+](C)c(-c2ccc(C(C)C)cc2C)c[c]1[Ge]([CH3])([CH3])[CH3].CCC(CC)c1c[n+](C)c(-c2ccc(CC(C)C)cc2C)c[c]1[Ge]([CH3])([CH3])[CH3].Cc1ccc(C)c(-c2c[c]([Ge]([CH3])([CH3])[CH3])c(C3CCCC3)c[n+]2C)c1. The quantitative estimate of drug-likeness (QED) is 0.0503. The minimum absolute atomic E-state index is 0.191. The van der Waals surface area contributed by atoms with Crippen molar-refractivity contribution in [3.63, 3.8) is 0 Å². The van der Waals surface area contributed by atoms with Crippen LogP contribution in [0, 0.1) is 40.5 Å². The first-order chi connectivity index (χ1) is 48.3. The van der Waals surface area contributed by atoms with Crippen LogP contribution in [0.5, 0.6) is 0 Å². The van der Waals surface area contributed by atoms with E-state index in [-0.39, 0.29) is 5.41 Å². The topological polar surface area (TPSA) is 15.5 Å². The molecule has 4 aromatic heterocycles. The van der Waals surface area contributed by atoms with Gasteiger partial charge in [0.25, 0.3) is 0 Å². The monoisotopic (exact) mass is 1650 g/mol. The molecular weight excluding hydrogens is 1500 g/mol. The second-order valence-electron chi connectivity index (χ2n) is 37.7. The molecule has 0 bridgehead atoms. The summed E-state index contributed by atoms with van der Waals surface area (Å²) in [5.41, 5.74) is 28.8. The van der Waals surface area contributed by atoms with E-state index in [1.807, 2.05) is 0 Å². The number of rotatable bonds is 21. The van der Waals surface area contributed by atoms with E-state index in [0.717, 1.165) is 12.3 Å². The van der Waals surface area contributed by atoms with Crippen LogP contribution in [0.4, 0.5) is 0 Å². The zero-order valence-electron chi connectivity index (χ0n) is 73.1. The number of aryl methyl sites for hydroxylation is 9. The maximum absolute atomic E-state index is 2.55. The molecule has 0 atom stereocenters. The van der Waals surface area contributed by atoms with Gasteiger partial charge >= 0.3 is 656 Å². The summed E-state index contributed by atoms with van der Waals surface area (Å²) < 4.78 is 16.2. The molecule has 566 valence electrons. The number of hydrogen-bond donors (Lipinski definition) is 0. The van der Waals surface area contributed by atoms with Crippen molar-refractivity contribution >= 4 is 70.6 Å². The molecule has 0 radical (unpaired) electrons. The van der Waals surface area contributed by atoms with Gasteiger partial charge in [0, 0.05) is 0 Å². The van der Waals surface area contributed by atoms with Gasteiger partial charge in [0.2, 0.25) is 0 Å². The van der Waals surface area contributed by atoms with Gasteiger partial charge in [-0.25, -0.2) is 0 Å². The Morgan fingerprint density at radius 3 is 1.09 bits per heavy atom. The Morgan fingerprint density at radius 2 is 0.740 bits per heavy atom. The molecule has 8 heteroatoms. The molecule has 0 aliphatic heterocycles. The number of benzene rings is 4. The van der Waals surface area contributed by atoms with Gasteiger partial charge in [0.05, 0.1) is 0 Å².